The minimum Gasteiger partial charge on any atom is -0.482 e. The van der Waals surface area contributed by atoms with Gasteiger partial charge in [0.05, 0.1) is 0 Å². The molecule has 1 aromatic carbocycles. The number of carbonyl (C=O) groups is 1. The zero-order chi connectivity index (χ0) is 14.7. The third kappa shape index (κ3) is 3.84. The molecule has 2 heterocycles. The minimum absolute atomic E-state index is 0. The van der Waals surface area contributed by atoms with Gasteiger partial charge in [0.1, 0.15) is 6.10 Å². The molecule has 2 N–H and O–H groups in total. The summed E-state index contributed by atoms with van der Waals surface area (Å²) >= 11 is 0. The highest BCUT2D eigenvalue weighted by Gasteiger charge is 2.34. The van der Waals surface area contributed by atoms with E-state index in [4.69, 9.17) is 9.47 Å². The SMILES string of the molecule is CC1Oc2ccccc2OC1C(=O)NCC1CCCNC1.Cl. The van der Waals surface area contributed by atoms with Crippen LogP contribution in [0.1, 0.15) is 19.8 Å². The number of hydrogen-bond acceptors (Lipinski definition) is 4. The van der Waals surface area contributed by atoms with Crippen molar-refractivity contribution in [3.8, 4) is 11.5 Å². The van der Waals surface area contributed by atoms with Gasteiger partial charge in [-0.25, -0.2) is 0 Å². The van der Waals surface area contributed by atoms with Gasteiger partial charge in [0.25, 0.3) is 5.91 Å². The molecule has 1 saturated heterocycles. The summed E-state index contributed by atoms with van der Waals surface area (Å²) in [5, 5.41) is 6.35. The van der Waals surface area contributed by atoms with Gasteiger partial charge in [-0.1, -0.05) is 12.1 Å². The second-order valence-corrected chi connectivity index (χ2v) is 5.77. The van der Waals surface area contributed by atoms with Gasteiger partial charge in [-0.3, -0.25) is 4.79 Å². The molecule has 1 amide bonds. The lowest BCUT2D eigenvalue weighted by atomic mass is 9.99. The van der Waals surface area contributed by atoms with Crippen LogP contribution in [-0.2, 0) is 4.79 Å². The van der Waals surface area contributed by atoms with Crippen molar-refractivity contribution in [1.29, 1.82) is 0 Å². The molecule has 2 aliphatic rings. The molecule has 0 bridgehead atoms. The number of fused-ring (bicyclic) bond motifs is 1. The number of hydrogen-bond donors (Lipinski definition) is 2. The van der Waals surface area contributed by atoms with Gasteiger partial charge < -0.3 is 20.1 Å². The van der Waals surface area contributed by atoms with Crippen molar-refractivity contribution in [2.24, 2.45) is 5.92 Å². The van der Waals surface area contributed by atoms with E-state index in [1.165, 1.54) is 6.42 Å². The normalized spacial score (nSPS) is 26.7. The third-order valence-corrected chi connectivity index (χ3v) is 4.06. The van der Waals surface area contributed by atoms with Gasteiger partial charge in [0.2, 0.25) is 6.10 Å². The number of benzene rings is 1. The average molecular weight is 327 g/mol. The molecule has 5 nitrogen and oxygen atoms in total. The van der Waals surface area contributed by atoms with Gasteiger partial charge in [-0.05, 0) is 50.9 Å². The standard InChI is InChI=1S/C16H22N2O3.ClH/c1-11-15(21-14-7-3-2-6-13(14)20-11)16(19)18-10-12-5-4-8-17-9-12;/h2-3,6-7,11-12,15,17H,4-5,8-10H2,1H3,(H,18,19);1H. The molecule has 3 rings (SSSR count). The van der Waals surface area contributed by atoms with E-state index in [0.717, 1.165) is 19.5 Å². The molecular formula is C16H23ClN2O3. The van der Waals surface area contributed by atoms with Crippen LogP contribution in [0.2, 0.25) is 0 Å². The summed E-state index contributed by atoms with van der Waals surface area (Å²) in [4.78, 5) is 12.3. The number of piperidine rings is 1. The van der Waals surface area contributed by atoms with E-state index in [1.54, 1.807) is 0 Å². The monoisotopic (exact) mass is 326 g/mol. The summed E-state index contributed by atoms with van der Waals surface area (Å²) < 4.78 is 11.6. The van der Waals surface area contributed by atoms with Crippen molar-refractivity contribution in [2.45, 2.75) is 32.0 Å². The molecule has 122 valence electrons. The van der Waals surface area contributed by atoms with Crippen molar-refractivity contribution >= 4 is 18.3 Å². The Bertz CT molecular complexity index is 506. The summed E-state index contributed by atoms with van der Waals surface area (Å²) in [7, 11) is 0. The molecule has 1 aromatic rings. The Labute approximate surface area is 137 Å². The van der Waals surface area contributed by atoms with Gasteiger partial charge in [0, 0.05) is 6.54 Å². The zero-order valence-electron chi connectivity index (χ0n) is 12.7. The van der Waals surface area contributed by atoms with Crippen molar-refractivity contribution < 1.29 is 14.3 Å². The summed E-state index contributed by atoms with van der Waals surface area (Å²) in [5.74, 6) is 1.75. The molecule has 2 aliphatic heterocycles. The second kappa shape index (κ2) is 7.70. The first-order chi connectivity index (χ1) is 10.2. The maximum absolute atomic E-state index is 12.3. The van der Waals surface area contributed by atoms with Crippen LogP contribution < -0.4 is 20.1 Å². The summed E-state index contributed by atoms with van der Waals surface area (Å²) in [6, 6.07) is 7.45. The minimum atomic E-state index is -0.587. The zero-order valence-corrected chi connectivity index (χ0v) is 13.5. The predicted molar refractivity (Wildman–Crippen MR) is 86.8 cm³/mol. The Balaban J connectivity index is 0.00000176. The number of nitrogens with one attached hydrogen (secondary N) is 2. The Morgan fingerprint density at radius 1 is 1.32 bits per heavy atom. The van der Waals surface area contributed by atoms with Crippen LogP contribution in [0.3, 0.4) is 0 Å². The summed E-state index contributed by atoms with van der Waals surface area (Å²) in [6.45, 7) is 4.61. The van der Waals surface area contributed by atoms with Gasteiger partial charge in [-0.2, -0.15) is 0 Å². The predicted octanol–water partition coefficient (Wildman–Crippen LogP) is 1.75. The lowest BCUT2D eigenvalue weighted by molar-refractivity contribution is -0.133. The topological polar surface area (TPSA) is 59.6 Å². The highest BCUT2D eigenvalue weighted by atomic mass is 35.5. The van der Waals surface area contributed by atoms with Crippen molar-refractivity contribution in [3.05, 3.63) is 24.3 Å². The average Bonchev–Trinajstić information content (AvgIpc) is 2.53. The van der Waals surface area contributed by atoms with Crippen LogP contribution >= 0.6 is 12.4 Å². The number of halogens is 1. The smallest absolute Gasteiger partial charge is 0.265 e. The van der Waals surface area contributed by atoms with Gasteiger partial charge in [-0.15, -0.1) is 12.4 Å². The fraction of sp³-hybridized carbons (Fsp3) is 0.562. The van der Waals surface area contributed by atoms with E-state index in [2.05, 4.69) is 10.6 Å². The maximum atomic E-state index is 12.3. The lowest BCUT2D eigenvalue weighted by Crippen LogP contribution is -2.50. The van der Waals surface area contributed by atoms with Crippen molar-refractivity contribution in [2.75, 3.05) is 19.6 Å². The van der Waals surface area contributed by atoms with E-state index >= 15 is 0 Å². The first-order valence-corrected chi connectivity index (χ1v) is 7.65. The fourth-order valence-electron chi connectivity index (χ4n) is 2.85. The molecule has 3 atom stereocenters. The molecular weight excluding hydrogens is 304 g/mol. The molecule has 6 heteroatoms. The van der Waals surface area contributed by atoms with Gasteiger partial charge in [0.15, 0.2) is 11.5 Å². The second-order valence-electron chi connectivity index (χ2n) is 5.77. The third-order valence-electron chi connectivity index (χ3n) is 4.06. The Morgan fingerprint density at radius 2 is 2.05 bits per heavy atom. The molecule has 0 saturated carbocycles. The summed E-state index contributed by atoms with van der Waals surface area (Å²) in [5.41, 5.74) is 0. The van der Waals surface area contributed by atoms with E-state index in [9.17, 15) is 4.79 Å². The van der Waals surface area contributed by atoms with Crippen molar-refractivity contribution in [3.63, 3.8) is 0 Å². The van der Waals surface area contributed by atoms with Crippen LogP contribution in [0, 0.1) is 5.92 Å². The van der Waals surface area contributed by atoms with Crippen molar-refractivity contribution in [1.82, 2.24) is 10.6 Å². The van der Waals surface area contributed by atoms with Crippen LogP contribution in [0.25, 0.3) is 0 Å². The highest BCUT2D eigenvalue weighted by Crippen LogP contribution is 2.33. The first-order valence-electron chi connectivity index (χ1n) is 7.65. The summed E-state index contributed by atoms with van der Waals surface area (Å²) in [6.07, 6.45) is 1.46. The van der Waals surface area contributed by atoms with Crippen LogP contribution in [0.15, 0.2) is 24.3 Å². The molecule has 0 radical (unpaired) electrons. The Kier molecular flexibility index (Phi) is 5.91. The fourth-order valence-corrected chi connectivity index (χ4v) is 2.85. The molecule has 0 spiro atoms. The van der Waals surface area contributed by atoms with E-state index in [0.29, 0.717) is 24.0 Å². The quantitative estimate of drug-likeness (QED) is 0.888. The van der Waals surface area contributed by atoms with Crippen LogP contribution in [0.4, 0.5) is 0 Å². The molecule has 1 fully saturated rings. The van der Waals surface area contributed by atoms with E-state index in [1.807, 2.05) is 31.2 Å². The maximum Gasteiger partial charge on any atom is 0.265 e. The molecule has 0 aliphatic carbocycles. The van der Waals surface area contributed by atoms with E-state index in [-0.39, 0.29) is 24.4 Å². The Morgan fingerprint density at radius 3 is 2.73 bits per heavy atom. The Hall–Kier alpha value is -1.46. The largest absolute Gasteiger partial charge is 0.482 e. The number of amides is 1. The van der Waals surface area contributed by atoms with Gasteiger partial charge >= 0.3 is 0 Å². The first kappa shape index (κ1) is 16.9. The lowest BCUT2D eigenvalue weighted by Gasteiger charge is -2.31. The van der Waals surface area contributed by atoms with Crippen LogP contribution in [-0.4, -0.2) is 37.7 Å². The van der Waals surface area contributed by atoms with E-state index < -0.39 is 6.10 Å². The molecule has 0 aromatic heterocycles. The highest BCUT2D eigenvalue weighted by molar-refractivity contribution is 5.85. The number of ether oxygens (including phenoxy) is 2. The number of rotatable bonds is 3. The number of para-hydroxylation sites is 2. The molecule has 3 unspecified atom stereocenters. The number of carbonyl (C=O) groups excluding carboxylic acids is 1. The molecule has 22 heavy (non-hydrogen) atoms. The van der Waals surface area contributed by atoms with Crippen LogP contribution in [0.5, 0.6) is 11.5 Å².